The number of hydrogen-bond acceptors (Lipinski definition) is 3. The van der Waals surface area contributed by atoms with E-state index in [1.807, 2.05) is 0 Å². The molecule has 0 bridgehead atoms. The first-order chi connectivity index (χ1) is 8.49. The van der Waals surface area contributed by atoms with Crippen LogP contribution in [0.1, 0.15) is 46.5 Å². The lowest BCUT2D eigenvalue weighted by atomic mass is 10.0. The van der Waals surface area contributed by atoms with Gasteiger partial charge in [0.1, 0.15) is 0 Å². The van der Waals surface area contributed by atoms with Gasteiger partial charge in [0.05, 0.1) is 0 Å². The standard InChI is InChI=1S/C15H31N3/c1-11(2)15(16)7-8-17(4)14-9-12(3)18(10-14)13-5-6-13/h11-15H,5-10,16H2,1-4H3. The molecule has 18 heavy (non-hydrogen) atoms. The van der Waals surface area contributed by atoms with Crippen molar-refractivity contribution in [2.24, 2.45) is 11.7 Å². The fourth-order valence-electron chi connectivity index (χ4n) is 3.13. The van der Waals surface area contributed by atoms with Gasteiger partial charge in [0, 0.05) is 30.7 Å². The third-order valence-electron chi connectivity index (χ3n) is 4.91. The summed E-state index contributed by atoms with van der Waals surface area (Å²) >= 11 is 0. The molecule has 1 heterocycles. The number of nitrogens with two attached hydrogens (primary N) is 1. The zero-order valence-corrected chi connectivity index (χ0v) is 12.6. The van der Waals surface area contributed by atoms with Gasteiger partial charge in [-0.15, -0.1) is 0 Å². The molecule has 3 atom stereocenters. The van der Waals surface area contributed by atoms with Crippen LogP contribution in [0.5, 0.6) is 0 Å². The van der Waals surface area contributed by atoms with Crippen molar-refractivity contribution in [2.75, 3.05) is 20.1 Å². The Morgan fingerprint density at radius 1 is 1.33 bits per heavy atom. The number of rotatable bonds is 6. The molecule has 0 amide bonds. The molecule has 3 heteroatoms. The van der Waals surface area contributed by atoms with Crippen LogP contribution < -0.4 is 5.73 Å². The van der Waals surface area contributed by atoms with Crippen LogP contribution >= 0.6 is 0 Å². The predicted molar refractivity (Wildman–Crippen MR) is 77.7 cm³/mol. The molecule has 2 aliphatic rings. The molecule has 0 radical (unpaired) electrons. The Balaban J connectivity index is 1.74. The first kappa shape index (κ1) is 14.3. The van der Waals surface area contributed by atoms with E-state index in [-0.39, 0.29) is 0 Å². The van der Waals surface area contributed by atoms with E-state index in [2.05, 4.69) is 37.6 Å². The van der Waals surface area contributed by atoms with Crippen molar-refractivity contribution in [3.05, 3.63) is 0 Å². The summed E-state index contributed by atoms with van der Waals surface area (Å²) < 4.78 is 0. The molecule has 0 spiro atoms. The van der Waals surface area contributed by atoms with Crippen molar-refractivity contribution in [3.63, 3.8) is 0 Å². The Kier molecular flexibility index (Phi) is 4.68. The van der Waals surface area contributed by atoms with Gasteiger partial charge in [0.2, 0.25) is 0 Å². The highest BCUT2D eigenvalue weighted by Crippen LogP contribution is 2.34. The van der Waals surface area contributed by atoms with E-state index in [0.717, 1.165) is 31.1 Å². The normalized spacial score (nSPS) is 31.5. The highest BCUT2D eigenvalue weighted by atomic mass is 15.3. The molecule has 0 aromatic heterocycles. The molecule has 1 aliphatic heterocycles. The summed E-state index contributed by atoms with van der Waals surface area (Å²) in [4.78, 5) is 5.27. The number of likely N-dealkylation sites (N-methyl/N-ethyl adjacent to an activating group) is 1. The fourth-order valence-corrected chi connectivity index (χ4v) is 3.13. The van der Waals surface area contributed by atoms with Gasteiger partial charge in [0.25, 0.3) is 0 Å². The Morgan fingerprint density at radius 3 is 2.56 bits per heavy atom. The molecule has 1 aliphatic carbocycles. The fraction of sp³-hybridized carbons (Fsp3) is 1.00. The summed E-state index contributed by atoms with van der Waals surface area (Å²) in [5.41, 5.74) is 6.14. The van der Waals surface area contributed by atoms with Crippen molar-refractivity contribution in [1.82, 2.24) is 9.80 Å². The van der Waals surface area contributed by atoms with Gasteiger partial charge in [0.15, 0.2) is 0 Å². The molecule has 106 valence electrons. The highest BCUT2D eigenvalue weighted by Gasteiger charge is 2.39. The van der Waals surface area contributed by atoms with Crippen LogP contribution in [0.25, 0.3) is 0 Å². The second kappa shape index (κ2) is 5.89. The summed E-state index contributed by atoms with van der Waals surface area (Å²) in [5.74, 6) is 0.601. The molecule has 0 aromatic rings. The van der Waals surface area contributed by atoms with E-state index in [1.165, 1.54) is 25.8 Å². The van der Waals surface area contributed by atoms with Gasteiger partial charge in [-0.3, -0.25) is 4.90 Å². The monoisotopic (exact) mass is 253 g/mol. The average molecular weight is 253 g/mol. The van der Waals surface area contributed by atoms with Crippen LogP contribution in [-0.2, 0) is 0 Å². The Bertz CT molecular complexity index is 262. The first-order valence-corrected chi connectivity index (χ1v) is 7.70. The molecule has 2 fully saturated rings. The smallest absolute Gasteiger partial charge is 0.0235 e. The quantitative estimate of drug-likeness (QED) is 0.785. The molecule has 2 rings (SSSR count). The van der Waals surface area contributed by atoms with Crippen molar-refractivity contribution in [3.8, 4) is 0 Å². The lowest BCUT2D eigenvalue weighted by Gasteiger charge is -2.26. The topological polar surface area (TPSA) is 32.5 Å². The molecular formula is C15H31N3. The minimum atomic E-state index is 0.353. The van der Waals surface area contributed by atoms with Crippen LogP contribution in [0.3, 0.4) is 0 Å². The highest BCUT2D eigenvalue weighted by molar-refractivity contribution is 4.96. The molecule has 2 N–H and O–H groups in total. The van der Waals surface area contributed by atoms with E-state index in [4.69, 9.17) is 5.73 Å². The van der Waals surface area contributed by atoms with E-state index < -0.39 is 0 Å². The maximum Gasteiger partial charge on any atom is 0.0235 e. The zero-order valence-electron chi connectivity index (χ0n) is 12.6. The van der Waals surface area contributed by atoms with Crippen LogP contribution in [0.4, 0.5) is 0 Å². The molecular weight excluding hydrogens is 222 g/mol. The molecule has 3 nitrogen and oxygen atoms in total. The van der Waals surface area contributed by atoms with Crippen LogP contribution in [0, 0.1) is 5.92 Å². The Labute approximate surface area is 113 Å². The van der Waals surface area contributed by atoms with Crippen molar-refractivity contribution < 1.29 is 0 Å². The Morgan fingerprint density at radius 2 is 2.00 bits per heavy atom. The lowest BCUT2D eigenvalue weighted by molar-refractivity contribution is 0.212. The van der Waals surface area contributed by atoms with E-state index >= 15 is 0 Å². The maximum absolute atomic E-state index is 6.14. The van der Waals surface area contributed by atoms with Crippen LogP contribution in [-0.4, -0.2) is 54.1 Å². The van der Waals surface area contributed by atoms with Crippen molar-refractivity contribution in [1.29, 1.82) is 0 Å². The first-order valence-electron chi connectivity index (χ1n) is 7.70. The second-order valence-corrected chi connectivity index (χ2v) is 6.84. The van der Waals surface area contributed by atoms with Gasteiger partial charge >= 0.3 is 0 Å². The van der Waals surface area contributed by atoms with Crippen LogP contribution in [0.2, 0.25) is 0 Å². The summed E-state index contributed by atoms with van der Waals surface area (Å²) in [6.45, 7) is 9.26. The van der Waals surface area contributed by atoms with Crippen LogP contribution in [0.15, 0.2) is 0 Å². The maximum atomic E-state index is 6.14. The van der Waals surface area contributed by atoms with E-state index in [0.29, 0.717) is 12.0 Å². The van der Waals surface area contributed by atoms with Gasteiger partial charge < -0.3 is 10.6 Å². The van der Waals surface area contributed by atoms with Gasteiger partial charge in [-0.05, 0) is 52.1 Å². The van der Waals surface area contributed by atoms with Crippen molar-refractivity contribution >= 4 is 0 Å². The number of likely N-dealkylation sites (tertiary alicyclic amines) is 1. The summed E-state index contributed by atoms with van der Waals surface area (Å²) in [6.07, 6.45) is 5.32. The molecule has 1 saturated heterocycles. The number of nitrogens with zero attached hydrogens (tertiary/aromatic N) is 2. The molecule has 0 aromatic carbocycles. The lowest BCUT2D eigenvalue weighted by Crippen LogP contribution is -2.38. The largest absolute Gasteiger partial charge is 0.327 e. The third-order valence-corrected chi connectivity index (χ3v) is 4.91. The second-order valence-electron chi connectivity index (χ2n) is 6.84. The zero-order chi connectivity index (χ0) is 13.3. The van der Waals surface area contributed by atoms with Crippen molar-refractivity contribution in [2.45, 2.75) is 70.6 Å². The average Bonchev–Trinajstić information content (AvgIpc) is 3.09. The third kappa shape index (κ3) is 3.46. The summed E-state index contributed by atoms with van der Waals surface area (Å²) in [7, 11) is 2.28. The predicted octanol–water partition coefficient (Wildman–Crippen LogP) is 1.92. The molecule has 3 unspecified atom stereocenters. The SMILES string of the molecule is CC(C)C(N)CCN(C)C1CC(C)N(C2CC2)C1. The summed E-state index contributed by atoms with van der Waals surface area (Å²) in [6, 6.07) is 2.80. The van der Waals surface area contributed by atoms with Gasteiger partial charge in [-0.25, -0.2) is 0 Å². The Hall–Kier alpha value is -0.120. The molecule has 1 saturated carbocycles. The summed E-state index contributed by atoms with van der Waals surface area (Å²) in [5, 5.41) is 0. The minimum absolute atomic E-state index is 0.353. The minimum Gasteiger partial charge on any atom is -0.327 e. The van der Waals surface area contributed by atoms with E-state index in [9.17, 15) is 0 Å². The van der Waals surface area contributed by atoms with E-state index in [1.54, 1.807) is 0 Å². The number of hydrogen-bond donors (Lipinski definition) is 1. The van der Waals surface area contributed by atoms with Gasteiger partial charge in [-0.2, -0.15) is 0 Å². The van der Waals surface area contributed by atoms with Gasteiger partial charge in [-0.1, -0.05) is 13.8 Å².